The number of hydrogen-bond donors (Lipinski definition) is 2. The Labute approximate surface area is 143 Å². The first-order valence-corrected chi connectivity index (χ1v) is 7.15. The van der Waals surface area contributed by atoms with E-state index in [1.165, 1.54) is 44.7 Å². The van der Waals surface area contributed by atoms with Gasteiger partial charge in [-0.05, 0) is 48.0 Å². The van der Waals surface area contributed by atoms with E-state index in [4.69, 9.17) is 9.47 Å². The molecule has 0 heterocycles. The van der Waals surface area contributed by atoms with E-state index in [0.717, 1.165) is 0 Å². The molecule has 0 aromatic heterocycles. The summed E-state index contributed by atoms with van der Waals surface area (Å²) >= 11 is 0. The maximum atomic E-state index is 12.8. The third-order valence-corrected chi connectivity index (χ3v) is 3.10. The summed E-state index contributed by atoms with van der Waals surface area (Å²) in [6.45, 7) is 0. The number of anilines is 1. The van der Waals surface area contributed by atoms with Crippen LogP contribution < -0.4 is 20.2 Å². The number of carbonyl (C=O) groups excluding carboxylic acids is 2. The molecule has 0 aliphatic rings. The van der Waals surface area contributed by atoms with Crippen molar-refractivity contribution < 1.29 is 23.5 Å². The molecule has 2 aromatic carbocycles. The number of hydrogen-bond acceptors (Lipinski definition) is 5. The van der Waals surface area contributed by atoms with Gasteiger partial charge in [0.1, 0.15) is 5.82 Å². The van der Waals surface area contributed by atoms with E-state index < -0.39 is 17.6 Å². The minimum Gasteiger partial charge on any atom is -0.493 e. The summed E-state index contributed by atoms with van der Waals surface area (Å²) < 4.78 is 23.1. The minimum absolute atomic E-state index is 0.297. The second-order valence-corrected chi connectivity index (χ2v) is 4.77. The van der Waals surface area contributed by atoms with E-state index in [2.05, 4.69) is 15.8 Å². The number of amides is 2. The largest absolute Gasteiger partial charge is 0.493 e. The molecule has 2 amide bonds. The predicted octanol–water partition coefficient (Wildman–Crippen LogP) is 1.93. The first-order valence-electron chi connectivity index (χ1n) is 7.15. The third-order valence-electron chi connectivity index (χ3n) is 3.10. The Morgan fingerprint density at radius 2 is 1.68 bits per heavy atom. The SMILES string of the molecule is COc1ccc(C=NNC(=O)C(=O)Nc2ccc(F)cc2)cc1OC. The Hall–Kier alpha value is -3.42. The molecule has 2 N–H and O–H groups in total. The molecule has 0 fully saturated rings. The van der Waals surface area contributed by atoms with Gasteiger partial charge >= 0.3 is 11.8 Å². The second-order valence-electron chi connectivity index (χ2n) is 4.77. The van der Waals surface area contributed by atoms with Crippen molar-refractivity contribution >= 4 is 23.7 Å². The van der Waals surface area contributed by atoms with Crippen molar-refractivity contribution in [3.63, 3.8) is 0 Å². The number of hydrazone groups is 1. The minimum atomic E-state index is -0.957. The number of nitrogens with zero attached hydrogens (tertiary/aromatic N) is 1. The van der Waals surface area contributed by atoms with Crippen LogP contribution in [-0.2, 0) is 9.59 Å². The van der Waals surface area contributed by atoms with Crippen LogP contribution in [0.1, 0.15) is 5.56 Å². The van der Waals surface area contributed by atoms with Crippen LogP contribution in [0.3, 0.4) is 0 Å². The number of methoxy groups -OCH3 is 2. The van der Waals surface area contributed by atoms with Crippen LogP contribution in [0.5, 0.6) is 11.5 Å². The zero-order valence-electron chi connectivity index (χ0n) is 13.6. The Morgan fingerprint density at radius 3 is 2.32 bits per heavy atom. The number of ether oxygens (including phenoxy) is 2. The van der Waals surface area contributed by atoms with Crippen molar-refractivity contribution in [1.29, 1.82) is 0 Å². The summed E-state index contributed by atoms with van der Waals surface area (Å²) in [4.78, 5) is 23.4. The standard InChI is InChI=1S/C17H16FN3O4/c1-24-14-8-3-11(9-15(14)25-2)10-19-21-17(23)16(22)20-13-6-4-12(18)5-7-13/h3-10H,1-2H3,(H,20,22)(H,21,23). The van der Waals surface area contributed by atoms with Gasteiger partial charge in [-0.1, -0.05) is 0 Å². The van der Waals surface area contributed by atoms with Gasteiger partial charge in [0, 0.05) is 5.69 Å². The smallest absolute Gasteiger partial charge is 0.329 e. The van der Waals surface area contributed by atoms with E-state index in [0.29, 0.717) is 22.7 Å². The highest BCUT2D eigenvalue weighted by Gasteiger charge is 2.12. The van der Waals surface area contributed by atoms with Crippen LogP contribution in [0.4, 0.5) is 10.1 Å². The summed E-state index contributed by atoms with van der Waals surface area (Å²) in [6.07, 6.45) is 1.35. The van der Waals surface area contributed by atoms with Gasteiger partial charge in [-0.15, -0.1) is 0 Å². The molecule has 0 spiro atoms. The average Bonchev–Trinajstić information content (AvgIpc) is 2.63. The quantitative estimate of drug-likeness (QED) is 0.492. The lowest BCUT2D eigenvalue weighted by molar-refractivity contribution is -0.136. The highest BCUT2D eigenvalue weighted by molar-refractivity contribution is 6.39. The Balaban J connectivity index is 1.93. The van der Waals surface area contributed by atoms with E-state index in [1.807, 2.05) is 0 Å². The van der Waals surface area contributed by atoms with Gasteiger partial charge in [-0.25, -0.2) is 9.82 Å². The Bertz CT molecular complexity index is 791. The molecule has 0 saturated carbocycles. The molecule has 0 bridgehead atoms. The first kappa shape index (κ1) is 17.9. The van der Waals surface area contributed by atoms with Crippen LogP contribution in [0.2, 0.25) is 0 Å². The van der Waals surface area contributed by atoms with Crippen molar-refractivity contribution in [1.82, 2.24) is 5.43 Å². The van der Waals surface area contributed by atoms with Gasteiger partial charge in [0.2, 0.25) is 0 Å². The van der Waals surface area contributed by atoms with Gasteiger partial charge in [-0.3, -0.25) is 9.59 Å². The number of carbonyl (C=O) groups is 2. The molecule has 7 nitrogen and oxygen atoms in total. The van der Waals surface area contributed by atoms with Gasteiger partial charge in [-0.2, -0.15) is 5.10 Å². The molecule has 0 unspecified atom stereocenters. The fourth-order valence-corrected chi connectivity index (χ4v) is 1.87. The molecule has 0 aliphatic carbocycles. The lowest BCUT2D eigenvalue weighted by atomic mass is 10.2. The molecule has 8 heteroatoms. The molecule has 0 atom stereocenters. The molecule has 0 radical (unpaired) electrons. The zero-order chi connectivity index (χ0) is 18.2. The van der Waals surface area contributed by atoms with E-state index in [-0.39, 0.29) is 0 Å². The maximum absolute atomic E-state index is 12.8. The maximum Gasteiger partial charge on any atom is 0.329 e. The van der Waals surface area contributed by atoms with Crippen molar-refractivity contribution in [2.75, 3.05) is 19.5 Å². The van der Waals surface area contributed by atoms with Crippen LogP contribution in [-0.4, -0.2) is 32.2 Å². The number of halogens is 1. The number of benzene rings is 2. The van der Waals surface area contributed by atoms with Gasteiger partial charge in [0.05, 0.1) is 20.4 Å². The highest BCUT2D eigenvalue weighted by atomic mass is 19.1. The highest BCUT2D eigenvalue weighted by Crippen LogP contribution is 2.26. The summed E-state index contributed by atoms with van der Waals surface area (Å²) in [7, 11) is 3.02. The zero-order valence-corrected chi connectivity index (χ0v) is 13.6. The predicted molar refractivity (Wildman–Crippen MR) is 90.3 cm³/mol. The number of rotatable bonds is 5. The second kappa shape index (κ2) is 8.44. The summed E-state index contributed by atoms with van der Waals surface area (Å²) in [5.74, 6) is -1.26. The molecule has 0 saturated heterocycles. The van der Waals surface area contributed by atoms with Crippen LogP contribution in [0.25, 0.3) is 0 Å². The van der Waals surface area contributed by atoms with Gasteiger partial charge in [0.15, 0.2) is 11.5 Å². The summed E-state index contributed by atoms with van der Waals surface area (Å²) in [6, 6.07) is 10.1. The normalized spacial score (nSPS) is 10.4. The summed E-state index contributed by atoms with van der Waals surface area (Å²) in [5.41, 5.74) is 3.03. The average molecular weight is 345 g/mol. The van der Waals surface area contributed by atoms with Crippen molar-refractivity contribution in [2.24, 2.45) is 5.10 Å². The fraction of sp³-hybridized carbons (Fsp3) is 0.118. The lowest BCUT2D eigenvalue weighted by Gasteiger charge is -2.07. The summed E-state index contributed by atoms with van der Waals surface area (Å²) in [5, 5.41) is 6.03. The Kier molecular flexibility index (Phi) is 6.05. The molecule has 2 rings (SSSR count). The molecule has 0 aliphatic heterocycles. The van der Waals surface area contributed by atoms with Crippen molar-refractivity contribution in [2.45, 2.75) is 0 Å². The molecule has 25 heavy (non-hydrogen) atoms. The van der Waals surface area contributed by atoms with Crippen molar-refractivity contribution in [3.05, 3.63) is 53.8 Å². The first-order chi connectivity index (χ1) is 12.0. The van der Waals surface area contributed by atoms with Crippen molar-refractivity contribution in [3.8, 4) is 11.5 Å². The fourth-order valence-electron chi connectivity index (χ4n) is 1.87. The van der Waals surface area contributed by atoms with E-state index >= 15 is 0 Å². The third kappa shape index (κ3) is 5.03. The topological polar surface area (TPSA) is 89.0 Å². The Morgan fingerprint density at radius 1 is 1.00 bits per heavy atom. The van der Waals surface area contributed by atoms with Crippen LogP contribution in [0.15, 0.2) is 47.6 Å². The monoisotopic (exact) mass is 345 g/mol. The van der Waals surface area contributed by atoms with Crippen LogP contribution >= 0.6 is 0 Å². The lowest BCUT2D eigenvalue weighted by Crippen LogP contribution is -2.32. The van der Waals surface area contributed by atoms with Gasteiger partial charge in [0.25, 0.3) is 0 Å². The van der Waals surface area contributed by atoms with E-state index in [9.17, 15) is 14.0 Å². The number of nitrogens with one attached hydrogen (secondary N) is 2. The molecular weight excluding hydrogens is 329 g/mol. The van der Waals surface area contributed by atoms with Gasteiger partial charge < -0.3 is 14.8 Å². The van der Waals surface area contributed by atoms with E-state index in [1.54, 1.807) is 18.2 Å². The molecule has 130 valence electrons. The molecule has 2 aromatic rings. The van der Waals surface area contributed by atoms with Crippen LogP contribution in [0, 0.1) is 5.82 Å². The molecular formula is C17H16FN3O4.